The zero-order valence-corrected chi connectivity index (χ0v) is 19.2. The van der Waals surface area contributed by atoms with Crippen LogP contribution in [0.1, 0.15) is 46.7 Å². The number of aryl methyl sites for hydroxylation is 1. The molecule has 2 aliphatic carbocycles. The normalized spacial score (nSPS) is 18.5. The van der Waals surface area contributed by atoms with E-state index in [0.717, 1.165) is 28.7 Å². The van der Waals surface area contributed by atoms with Crippen molar-refractivity contribution in [3.8, 4) is 11.1 Å². The number of nitrogens with zero attached hydrogens (tertiary/aromatic N) is 2. The predicted octanol–water partition coefficient (Wildman–Crippen LogP) is 3.76. The van der Waals surface area contributed by atoms with Gasteiger partial charge in [0, 0.05) is 25.2 Å². The molecule has 1 saturated carbocycles. The molecule has 5 rings (SSSR count). The zero-order valence-electron chi connectivity index (χ0n) is 19.2. The summed E-state index contributed by atoms with van der Waals surface area (Å²) < 4.78 is 6.97. The number of aromatic nitrogens is 2. The molecule has 2 amide bonds. The van der Waals surface area contributed by atoms with E-state index in [2.05, 4.69) is 27.9 Å². The molecule has 2 unspecified atom stereocenters. The van der Waals surface area contributed by atoms with Crippen LogP contribution in [0.2, 0.25) is 0 Å². The van der Waals surface area contributed by atoms with Crippen molar-refractivity contribution in [3.63, 3.8) is 0 Å². The van der Waals surface area contributed by atoms with Gasteiger partial charge in [-0.15, -0.1) is 0 Å². The smallest absolute Gasteiger partial charge is 0.412 e. The molecule has 1 heterocycles. The van der Waals surface area contributed by atoms with Gasteiger partial charge in [-0.2, -0.15) is 5.10 Å². The molecule has 0 bridgehead atoms. The fourth-order valence-corrected chi connectivity index (χ4v) is 5.15. The number of rotatable bonds is 6. The second kappa shape index (κ2) is 9.25. The maximum Gasteiger partial charge on any atom is 0.412 e. The number of nitrogens with one attached hydrogen (secondary N) is 2. The molecule has 180 valence electrons. The molecule has 2 aromatic carbocycles. The van der Waals surface area contributed by atoms with E-state index in [1.165, 1.54) is 10.9 Å². The molecular formula is C26H26N4O5. The quantitative estimate of drug-likeness (QED) is 0.500. The van der Waals surface area contributed by atoms with Gasteiger partial charge in [-0.1, -0.05) is 55.0 Å². The minimum atomic E-state index is -0.920. The maximum absolute atomic E-state index is 12.9. The van der Waals surface area contributed by atoms with Gasteiger partial charge in [0.15, 0.2) is 5.82 Å². The van der Waals surface area contributed by atoms with Crippen LogP contribution in [0.3, 0.4) is 0 Å². The highest BCUT2D eigenvalue weighted by Crippen LogP contribution is 2.44. The van der Waals surface area contributed by atoms with Crippen LogP contribution < -0.4 is 10.6 Å². The molecule has 0 spiro atoms. The Hall–Kier alpha value is -4.14. The summed E-state index contributed by atoms with van der Waals surface area (Å²) in [5, 5.41) is 18.9. The third-order valence-corrected chi connectivity index (χ3v) is 6.79. The number of benzene rings is 2. The third-order valence-electron chi connectivity index (χ3n) is 6.79. The van der Waals surface area contributed by atoms with E-state index in [0.29, 0.717) is 12.8 Å². The number of ether oxygens (including phenoxy) is 1. The van der Waals surface area contributed by atoms with Crippen molar-refractivity contribution < 1.29 is 24.2 Å². The molecule has 1 fully saturated rings. The van der Waals surface area contributed by atoms with Gasteiger partial charge in [0.25, 0.3) is 5.91 Å². The Kier molecular flexibility index (Phi) is 5.98. The van der Waals surface area contributed by atoms with E-state index >= 15 is 0 Å². The Balaban J connectivity index is 1.26. The van der Waals surface area contributed by atoms with Crippen LogP contribution in [0.15, 0.2) is 54.7 Å². The summed E-state index contributed by atoms with van der Waals surface area (Å²) in [6.45, 7) is 0.136. The van der Waals surface area contributed by atoms with Crippen LogP contribution in [0.5, 0.6) is 0 Å². The lowest BCUT2D eigenvalue weighted by atomic mass is 9.98. The molecule has 0 saturated heterocycles. The topological polar surface area (TPSA) is 123 Å². The first-order chi connectivity index (χ1) is 16.9. The van der Waals surface area contributed by atoms with Gasteiger partial charge in [-0.25, -0.2) is 4.79 Å². The van der Waals surface area contributed by atoms with Gasteiger partial charge in [0.05, 0.1) is 5.92 Å². The first-order valence-corrected chi connectivity index (χ1v) is 11.6. The minimum absolute atomic E-state index is 0.0621. The Morgan fingerprint density at radius 1 is 1.06 bits per heavy atom. The number of anilines is 1. The second-order valence-electron chi connectivity index (χ2n) is 8.97. The van der Waals surface area contributed by atoms with Crippen LogP contribution in [0, 0.1) is 5.92 Å². The molecule has 2 aliphatic rings. The number of carboxylic acid groups (broad SMARTS) is 1. The summed E-state index contributed by atoms with van der Waals surface area (Å²) in [4.78, 5) is 37.0. The number of fused-ring (bicyclic) bond motifs is 3. The van der Waals surface area contributed by atoms with Gasteiger partial charge in [-0.3, -0.25) is 19.6 Å². The molecule has 3 aromatic rings. The average Bonchev–Trinajstić information content (AvgIpc) is 3.53. The number of hydrogen-bond donors (Lipinski definition) is 3. The predicted molar refractivity (Wildman–Crippen MR) is 128 cm³/mol. The largest absolute Gasteiger partial charge is 0.481 e. The number of carboxylic acids is 1. The van der Waals surface area contributed by atoms with Crippen molar-refractivity contribution >= 4 is 23.8 Å². The van der Waals surface area contributed by atoms with Crippen LogP contribution >= 0.6 is 0 Å². The molecule has 0 aliphatic heterocycles. The minimum Gasteiger partial charge on any atom is -0.481 e. The third kappa shape index (κ3) is 4.37. The maximum atomic E-state index is 12.9. The van der Waals surface area contributed by atoms with Crippen molar-refractivity contribution in [2.45, 2.75) is 31.2 Å². The zero-order chi connectivity index (χ0) is 24.5. The highest BCUT2D eigenvalue weighted by Gasteiger charge is 2.35. The van der Waals surface area contributed by atoms with E-state index in [1.807, 2.05) is 36.4 Å². The first-order valence-electron chi connectivity index (χ1n) is 11.6. The number of amides is 2. The summed E-state index contributed by atoms with van der Waals surface area (Å²) in [5.74, 6) is -2.04. The highest BCUT2D eigenvalue weighted by atomic mass is 16.5. The van der Waals surface area contributed by atoms with Crippen LogP contribution in [-0.2, 0) is 16.6 Å². The number of hydrogen-bond acceptors (Lipinski definition) is 5. The standard InChI is InChI=1S/C26H26N4O5/c1-30-13-20(24(31)27-22-12-6-11-19(22)25(32)33)23(29-30)28-26(34)35-14-21-17-9-4-2-7-15(17)16-8-3-5-10-18(16)21/h2-5,7-10,13,19,21-22H,6,11-12,14H2,1H3,(H,27,31)(H,32,33)(H,28,29,34). The second-order valence-corrected chi connectivity index (χ2v) is 8.97. The highest BCUT2D eigenvalue weighted by molar-refractivity contribution is 6.01. The van der Waals surface area contributed by atoms with Crippen molar-refractivity contribution in [1.82, 2.24) is 15.1 Å². The number of carbonyl (C=O) groups is 3. The van der Waals surface area contributed by atoms with Crippen LogP contribution in [-0.4, -0.2) is 45.5 Å². The van der Waals surface area contributed by atoms with Gasteiger partial charge >= 0.3 is 12.1 Å². The van der Waals surface area contributed by atoms with Crippen molar-refractivity contribution in [2.24, 2.45) is 13.0 Å². The summed E-state index contributed by atoms with van der Waals surface area (Å²) in [6.07, 6.45) is 2.62. The van der Waals surface area contributed by atoms with Crippen LogP contribution in [0.4, 0.5) is 10.6 Å². The Bertz CT molecular complexity index is 1250. The Morgan fingerprint density at radius 3 is 2.37 bits per heavy atom. The van der Waals surface area contributed by atoms with Gasteiger partial charge in [0.1, 0.15) is 12.2 Å². The average molecular weight is 475 g/mol. The summed E-state index contributed by atoms with van der Waals surface area (Å²) in [7, 11) is 1.63. The molecule has 9 heteroatoms. The Labute approximate surface area is 202 Å². The van der Waals surface area contributed by atoms with Crippen molar-refractivity contribution in [2.75, 3.05) is 11.9 Å². The fourth-order valence-electron chi connectivity index (χ4n) is 5.15. The lowest BCUT2D eigenvalue weighted by Gasteiger charge is -2.17. The van der Waals surface area contributed by atoms with Crippen LogP contribution in [0.25, 0.3) is 11.1 Å². The lowest BCUT2D eigenvalue weighted by molar-refractivity contribution is -0.142. The Morgan fingerprint density at radius 2 is 1.71 bits per heavy atom. The van der Waals surface area contributed by atoms with Gasteiger partial charge < -0.3 is 15.2 Å². The fraction of sp³-hybridized carbons (Fsp3) is 0.308. The van der Waals surface area contributed by atoms with E-state index in [4.69, 9.17) is 4.74 Å². The molecule has 3 N–H and O–H groups in total. The first kappa shape index (κ1) is 22.6. The van der Waals surface area contributed by atoms with E-state index < -0.39 is 29.9 Å². The van der Waals surface area contributed by atoms with E-state index in [-0.39, 0.29) is 23.9 Å². The molecule has 0 radical (unpaired) electrons. The summed E-state index contributed by atoms with van der Waals surface area (Å²) >= 11 is 0. The molecular weight excluding hydrogens is 448 g/mol. The molecule has 1 aromatic heterocycles. The van der Waals surface area contributed by atoms with Crippen molar-refractivity contribution in [1.29, 1.82) is 0 Å². The summed E-state index contributed by atoms with van der Waals surface area (Å²) in [5.41, 5.74) is 4.62. The molecule has 35 heavy (non-hydrogen) atoms. The number of aliphatic carboxylic acids is 1. The van der Waals surface area contributed by atoms with E-state index in [1.54, 1.807) is 7.05 Å². The lowest BCUT2D eigenvalue weighted by Crippen LogP contribution is -2.40. The molecule has 9 nitrogen and oxygen atoms in total. The van der Waals surface area contributed by atoms with E-state index in [9.17, 15) is 19.5 Å². The SMILES string of the molecule is Cn1cc(C(=O)NC2CCCC2C(=O)O)c(NC(=O)OCC2c3ccccc3-c3ccccc32)n1. The van der Waals surface area contributed by atoms with Gasteiger partial charge in [0.2, 0.25) is 0 Å². The molecule has 2 atom stereocenters. The van der Waals surface area contributed by atoms with Gasteiger partial charge in [-0.05, 0) is 35.1 Å². The summed E-state index contributed by atoms with van der Waals surface area (Å²) in [6, 6.07) is 15.7. The number of carbonyl (C=O) groups excluding carboxylic acids is 2. The monoisotopic (exact) mass is 474 g/mol. The van der Waals surface area contributed by atoms with Crippen molar-refractivity contribution in [3.05, 3.63) is 71.4 Å².